The van der Waals surface area contributed by atoms with Gasteiger partial charge in [0.25, 0.3) is 0 Å². The molecule has 0 bridgehead atoms. The van der Waals surface area contributed by atoms with Crippen molar-refractivity contribution in [1.82, 2.24) is 14.9 Å². The van der Waals surface area contributed by atoms with Crippen LogP contribution in [0, 0.1) is 11.3 Å². The summed E-state index contributed by atoms with van der Waals surface area (Å²) in [5.41, 5.74) is 2.09. The van der Waals surface area contributed by atoms with Crippen molar-refractivity contribution in [3.8, 4) is 6.07 Å². The van der Waals surface area contributed by atoms with Crippen LogP contribution in [0.2, 0.25) is 0 Å². The Morgan fingerprint density at radius 1 is 1.47 bits per heavy atom. The summed E-state index contributed by atoms with van der Waals surface area (Å²) >= 11 is 0. The molecule has 1 heterocycles. The van der Waals surface area contributed by atoms with E-state index < -0.39 is 0 Å². The Balaban J connectivity index is 2.47. The molecular formula is C13H16N4. The summed E-state index contributed by atoms with van der Waals surface area (Å²) in [5.74, 6) is 1.03. The Bertz CT molecular complexity index is 550. The Kier molecular flexibility index (Phi) is 3.40. The average molecular weight is 228 g/mol. The van der Waals surface area contributed by atoms with Gasteiger partial charge in [-0.15, -0.1) is 0 Å². The van der Waals surface area contributed by atoms with E-state index in [4.69, 9.17) is 5.26 Å². The molecule has 1 unspecified atom stereocenters. The summed E-state index contributed by atoms with van der Waals surface area (Å²) in [4.78, 5) is 4.58. The maximum atomic E-state index is 9.01. The second-order valence-corrected chi connectivity index (χ2v) is 3.95. The lowest BCUT2D eigenvalue weighted by Crippen LogP contribution is -2.29. The molecule has 1 aromatic carbocycles. The molecule has 1 aromatic heterocycles. The minimum Gasteiger partial charge on any atom is -0.325 e. The van der Waals surface area contributed by atoms with Crippen LogP contribution in [0.4, 0.5) is 0 Å². The highest BCUT2D eigenvalue weighted by Gasteiger charge is 2.12. The first-order valence-electron chi connectivity index (χ1n) is 5.81. The lowest BCUT2D eigenvalue weighted by atomic mass is 10.3. The van der Waals surface area contributed by atoms with Gasteiger partial charge in [-0.1, -0.05) is 19.1 Å². The molecule has 0 aliphatic heterocycles. The highest BCUT2D eigenvalue weighted by Crippen LogP contribution is 2.16. The van der Waals surface area contributed by atoms with Gasteiger partial charge >= 0.3 is 0 Å². The maximum absolute atomic E-state index is 9.01. The van der Waals surface area contributed by atoms with Crippen LogP contribution in [0.25, 0.3) is 11.0 Å². The van der Waals surface area contributed by atoms with Crippen LogP contribution in [-0.4, -0.2) is 22.6 Å². The van der Waals surface area contributed by atoms with Crippen molar-refractivity contribution in [2.24, 2.45) is 0 Å². The predicted molar refractivity (Wildman–Crippen MR) is 67.6 cm³/mol. The number of aromatic nitrogens is 2. The first-order chi connectivity index (χ1) is 8.30. The fraction of sp³-hybridized carbons (Fsp3) is 0.385. The highest BCUT2D eigenvalue weighted by atomic mass is 15.1. The van der Waals surface area contributed by atoms with Gasteiger partial charge in [0.15, 0.2) is 0 Å². The molecular weight excluding hydrogens is 212 g/mol. The largest absolute Gasteiger partial charge is 0.325 e. The van der Waals surface area contributed by atoms with Crippen molar-refractivity contribution >= 4 is 11.0 Å². The number of rotatable bonds is 4. The van der Waals surface area contributed by atoms with E-state index in [9.17, 15) is 0 Å². The third-order valence-corrected chi connectivity index (χ3v) is 2.92. The van der Waals surface area contributed by atoms with E-state index in [1.54, 1.807) is 7.05 Å². The van der Waals surface area contributed by atoms with Crippen LogP contribution >= 0.6 is 0 Å². The van der Waals surface area contributed by atoms with Gasteiger partial charge in [-0.05, 0) is 19.2 Å². The Morgan fingerprint density at radius 3 is 2.88 bits per heavy atom. The van der Waals surface area contributed by atoms with Crippen molar-refractivity contribution in [2.75, 3.05) is 7.05 Å². The van der Waals surface area contributed by atoms with Gasteiger partial charge in [-0.3, -0.25) is 0 Å². The van der Waals surface area contributed by atoms with Crippen molar-refractivity contribution in [3.05, 3.63) is 30.1 Å². The molecule has 1 N–H and O–H groups in total. The number of para-hydroxylation sites is 2. The van der Waals surface area contributed by atoms with E-state index in [2.05, 4.69) is 27.9 Å². The van der Waals surface area contributed by atoms with Gasteiger partial charge in [0.2, 0.25) is 0 Å². The monoisotopic (exact) mass is 228 g/mol. The summed E-state index contributed by atoms with van der Waals surface area (Å²) < 4.78 is 2.12. The van der Waals surface area contributed by atoms with Gasteiger partial charge in [0, 0.05) is 6.42 Å². The topological polar surface area (TPSA) is 53.6 Å². The van der Waals surface area contributed by atoms with Gasteiger partial charge in [0.05, 0.1) is 23.6 Å². The first-order valence-corrected chi connectivity index (χ1v) is 5.81. The van der Waals surface area contributed by atoms with Crippen LogP contribution in [0.5, 0.6) is 0 Å². The zero-order valence-electron chi connectivity index (χ0n) is 10.1. The molecule has 0 amide bonds. The minimum absolute atomic E-state index is 0.182. The van der Waals surface area contributed by atoms with E-state index in [1.807, 2.05) is 24.3 Å². The van der Waals surface area contributed by atoms with E-state index in [-0.39, 0.29) is 6.04 Å². The number of nitrogens with one attached hydrogen (secondary N) is 1. The number of aryl methyl sites for hydroxylation is 1. The quantitative estimate of drug-likeness (QED) is 0.866. The summed E-state index contributed by atoms with van der Waals surface area (Å²) in [5, 5.41) is 12.0. The molecule has 0 spiro atoms. The lowest BCUT2D eigenvalue weighted by molar-refractivity contribution is 0.558. The maximum Gasteiger partial charge on any atom is 0.113 e. The smallest absolute Gasteiger partial charge is 0.113 e. The molecule has 2 aromatic rings. The Labute approximate surface area is 101 Å². The lowest BCUT2D eigenvalue weighted by Gasteiger charge is -2.12. The number of hydrogen-bond donors (Lipinski definition) is 1. The average Bonchev–Trinajstić information content (AvgIpc) is 2.73. The molecule has 0 saturated carbocycles. The molecule has 4 heteroatoms. The zero-order chi connectivity index (χ0) is 12.3. The Hall–Kier alpha value is -1.86. The van der Waals surface area contributed by atoms with Gasteiger partial charge < -0.3 is 9.88 Å². The molecule has 0 saturated heterocycles. The van der Waals surface area contributed by atoms with Gasteiger partial charge in [-0.2, -0.15) is 5.26 Å². The number of hydrogen-bond acceptors (Lipinski definition) is 3. The van der Waals surface area contributed by atoms with Gasteiger partial charge in [0.1, 0.15) is 11.9 Å². The van der Waals surface area contributed by atoms with Crippen molar-refractivity contribution in [3.63, 3.8) is 0 Å². The number of fused-ring (bicyclic) bond motifs is 1. The van der Waals surface area contributed by atoms with Crippen molar-refractivity contribution in [2.45, 2.75) is 25.9 Å². The molecule has 17 heavy (non-hydrogen) atoms. The fourth-order valence-corrected chi connectivity index (χ4v) is 1.98. The number of benzene rings is 1. The minimum atomic E-state index is -0.182. The van der Waals surface area contributed by atoms with Crippen molar-refractivity contribution < 1.29 is 0 Å². The van der Waals surface area contributed by atoms with E-state index in [1.165, 1.54) is 0 Å². The summed E-state index contributed by atoms with van der Waals surface area (Å²) in [7, 11) is 1.80. The van der Waals surface area contributed by atoms with Crippen LogP contribution in [0.1, 0.15) is 12.7 Å². The van der Waals surface area contributed by atoms with Gasteiger partial charge in [-0.25, -0.2) is 4.98 Å². The molecule has 2 rings (SSSR count). The van der Waals surface area contributed by atoms with E-state index in [0.717, 1.165) is 23.3 Å². The molecule has 0 aliphatic rings. The number of nitriles is 1. The number of likely N-dealkylation sites (N-methyl/N-ethyl adjacent to an activating group) is 1. The molecule has 1 atom stereocenters. The standard InChI is InChI=1S/C13H16N4/c1-3-13-16-11-6-4-5-7-12(11)17(13)9-10(8-14)15-2/h4-7,10,15H,3,9H2,1-2H3. The third kappa shape index (κ3) is 2.15. The van der Waals surface area contributed by atoms with Crippen molar-refractivity contribution in [1.29, 1.82) is 5.26 Å². The predicted octanol–water partition coefficient (Wildman–Crippen LogP) is 1.71. The number of nitrogens with zero attached hydrogens (tertiary/aromatic N) is 3. The molecule has 0 radical (unpaired) electrons. The first kappa shape index (κ1) is 11.6. The SMILES string of the molecule is CCc1nc2ccccc2n1CC(C#N)NC. The van der Waals surface area contributed by atoms with Crippen LogP contribution < -0.4 is 5.32 Å². The summed E-state index contributed by atoms with van der Waals surface area (Å²) in [6.45, 7) is 2.72. The van der Waals surface area contributed by atoms with E-state index >= 15 is 0 Å². The normalized spacial score (nSPS) is 12.5. The van der Waals surface area contributed by atoms with E-state index in [0.29, 0.717) is 6.54 Å². The molecule has 88 valence electrons. The molecule has 4 nitrogen and oxygen atoms in total. The van der Waals surface area contributed by atoms with Crippen LogP contribution in [0.3, 0.4) is 0 Å². The second kappa shape index (κ2) is 4.98. The van der Waals surface area contributed by atoms with Crippen LogP contribution in [-0.2, 0) is 13.0 Å². The summed E-state index contributed by atoms with van der Waals surface area (Å²) in [6.07, 6.45) is 0.872. The number of imidazole rings is 1. The molecule has 0 aliphatic carbocycles. The Morgan fingerprint density at radius 2 is 2.24 bits per heavy atom. The molecule has 0 fully saturated rings. The third-order valence-electron chi connectivity index (χ3n) is 2.92. The van der Waals surface area contributed by atoms with Crippen LogP contribution in [0.15, 0.2) is 24.3 Å². The summed E-state index contributed by atoms with van der Waals surface area (Å²) in [6, 6.07) is 10.1. The fourth-order valence-electron chi connectivity index (χ4n) is 1.98. The highest BCUT2D eigenvalue weighted by molar-refractivity contribution is 5.75. The second-order valence-electron chi connectivity index (χ2n) is 3.95. The zero-order valence-corrected chi connectivity index (χ0v) is 10.1.